The lowest BCUT2D eigenvalue weighted by Crippen LogP contribution is -2.15. The number of methoxy groups -OCH3 is 1. The second kappa shape index (κ2) is 8.53. The number of esters is 1. The van der Waals surface area contributed by atoms with E-state index in [0.29, 0.717) is 35.3 Å². The third-order valence-corrected chi connectivity index (χ3v) is 5.04. The summed E-state index contributed by atoms with van der Waals surface area (Å²) >= 11 is 0. The Bertz CT molecular complexity index is 1090. The largest absolute Gasteiger partial charge is 0.454 e. The zero-order chi connectivity index (χ0) is 21.1. The molecule has 7 nitrogen and oxygen atoms in total. The smallest absolute Gasteiger partial charge is 0.338 e. The van der Waals surface area contributed by atoms with Crippen molar-refractivity contribution in [1.29, 1.82) is 0 Å². The Morgan fingerprint density at radius 1 is 1.00 bits per heavy atom. The van der Waals surface area contributed by atoms with Crippen LogP contribution in [0.3, 0.4) is 0 Å². The molecular weight excluding hydrogens is 370 g/mol. The van der Waals surface area contributed by atoms with E-state index in [1.165, 1.54) is 0 Å². The van der Waals surface area contributed by atoms with Gasteiger partial charge in [-0.1, -0.05) is 0 Å². The molecule has 0 N–H and O–H groups in total. The first kappa shape index (κ1) is 20.7. The van der Waals surface area contributed by atoms with Gasteiger partial charge >= 0.3 is 5.97 Å². The van der Waals surface area contributed by atoms with Gasteiger partial charge in [0.25, 0.3) is 0 Å². The van der Waals surface area contributed by atoms with Crippen LogP contribution in [-0.2, 0) is 16.0 Å². The molecule has 0 spiro atoms. The van der Waals surface area contributed by atoms with Crippen LogP contribution in [0.25, 0.3) is 11.0 Å². The normalized spacial score (nSPS) is 11.1. The Balaban J connectivity index is 1.71. The van der Waals surface area contributed by atoms with E-state index in [2.05, 4.69) is 9.97 Å². The van der Waals surface area contributed by atoms with Gasteiger partial charge in [0, 0.05) is 30.6 Å². The lowest BCUT2D eigenvalue weighted by molar-refractivity contribution is 0.0474. The average molecular weight is 395 g/mol. The molecule has 0 aliphatic heterocycles. The summed E-state index contributed by atoms with van der Waals surface area (Å²) in [5.41, 5.74) is 5.69. The van der Waals surface area contributed by atoms with Gasteiger partial charge in [-0.05, 0) is 52.0 Å². The molecule has 0 saturated heterocycles. The summed E-state index contributed by atoms with van der Waals surface area (Å²) in [6.45, 7) is 8.48. The predicted molar refractivity (Wildman–Crippen MR) is 109 cm³/mol. The predicted octanol–water partition coefficient (Wildman–Crippen LogP) is 3.35. The molecular formula is C22H25N3O4. The number of hydrogen-bond donors (Lipinski definition) is 0. The van der Waals surface area contributed by atoms with E-state index in [4.69, 9.17) is 9.47 Å². The van der Waals surface area contributed by atoms with Gasteiger partial charge in [0.1, 0.15) is 0 Å². The maximum absolute atomic E-state index is 12.6. The van der Waals surface area contributed by atoms with E-state index in [-0.39, 0.29) is 12.4 Å². The fourth-order valence-electron chi connectivity index (χ4n) is 3.26. The van der Waals surface area contributed by atoms with Crippen molar-refractivity contribution in [3.8, 4) is 0 Å². The maximum Gasteiger partial charge on any atom is 0.338 e. The Morgan fingerprint density at radius 2 is 1.69 bits per heavy atom. The molecule has 2 aromatic heterocycles. The van der Waals surface area contributed by atoms with Crippen molar-refractivity contribution in [2.75, 3.05) is 20.3 Å². The summed E-state index contributed by atoms with van der Waals surface area (Å²) in [7, 11) is 1.64. The summed E-state index contributed by atoms with van der Waals surface area (Å²) in [5.74, 6) is -0.796. The zero-order valence-electron chi connectivity index (χ0n) is 17.4. The molecule has 0 saturated carbocycles. The minimum absolute atomic E-state index is 0.234. The topological polar surface area (TPSA) is 83.3 Å². The highest BCUT2D eigenvalue weighted by molar-refractivity contribution is 6.01. The molecule has 2 heterocycles. The quantitative estimate of drug-likeness (QED) is 0.451. The average Bonchev–Trinajstić information content (AvgIpc) is 2.98. The number of ether oxygens (including phenoxy) is 2. The van der Waals surface area contributed by atoms with Crippen molar-refractivity contribution < 1.29 is 19.1 Å². The van der Waals surface area contributed by atoms with Crippen LogP contribution < -0.4 is 0 Å². The highest BCUT2D eigenvalue weighted by atomic mass is 16.5. The number of Topliss-reactive ketones (excluding diaryl/α,β-unsaturated/α-hetero) is 1. The second-order valence-electron chi connectivity index (χ2n) is 7.03. The number of benzene rings is 1. The number of aromatic nitrogens is 3. The molecule has 0 radical (unpaired) electrons. The second-order valence-corrected chi connectivity index (χ2v) is 7.03. The van der Waals surface area contributed by atoms with Gasteiger partial charge in [-0.2, -0.15) is 0 Å². The van der Waals surface area contributed by atoms with E-state index >= 15 is 0 Å². The van der Waals surface area contributed by atoms with Gasteiger partial charge in [0.05, 0.1) is 34.6 Å². The minimum Gasteiger partial charge on any atom is -0.454 e. The Morgan fingerprint density at radius 3 is 2.38 bits per heavy atom. The van der Waals surface area contributed by atoms with E-state index in [0.717, 1.165) is 22.8 Å². The monoisotopic (exact) mass is 395 g/mol. The first-order chi connectivity index (χ1) is 13.8. The Labute approximate surface area is 169 Å². The van der Waals surface area contributed by atoms with Crippen molar-refractivity contribution >= 4 is 22.8 Å². The zero-order valence-corrected chi connectivity index (χ0v) is 17.4. The van der Waals surface area contributed by atoms with Crippen molar-refractivity contribution in [2.24, 2.45) is 0 Å². The minimum atomic E-state index is -0.562. The lowest BCUT2D eigenvalue weighted by Gasteiger charge is -2.09. The van der Waals surface area contributed by atoms with Crippen LogP contribution in [0, 0.1) is 27.7 Å². The van der Waals surface area contributed by atoms with Crippen LogP contribution in [0.1, 0.15) is 43.5 Å². The number of rotatable bonds is 7. The number of carbonyl (C=O) groups excluding carboxylic acids is 2. The number of hydrogen-bond acceptors (Lipinski definition) is 6. The fourth-order valence-corrected chi connectivity index (χ4v) is 3.26. The molecule has 0 unspecified atom stereocenters. The molecule has 0 aliphatic rings. The summed E-state index contributed by atoms with van der Waals surface area (Å²) in [4.78, 5) is 33.9. The van der Waals surface area contributed by atoms with Crippen molar-refractivity contribution in [1.82, 2.24) is 14.5 Å². The van der Waals surface area contributed by atoms with Gasteiger partial charge < -0.3 is 14.0 Å². The SMILES string of the molecule is COCCn1c(C)cc(C(=O)COC(=O)c2ccc3nc(C)c(C)nc3c2)c1C. The molecule has 3 rings (SSSR count). The van der Waals surface area contributed by atoms with E-state index in [1.54, 1.807) is 25.3 Å². The first-order valence-electron chi connectivity index (χ1n) is 9.42. The molecule has 3 aromatic rings. The van der Waals surface area contributed by atoms with Crippen LogP contribution in [0.5, 0.6) is 0 Å². The van der Waals surface area contributed by atoms with E-state index < -0.39 is 5.97 Å². The molecule has 0 amide bonds. The molecule has 152 valence electrons. The molecule has 1 aromatic carbocycles. The van der Waals surface area contributed by atoms with E-state index in [1.807, 2.05) is 38.3 Å². The van der Waals surface area contributed by atoms with Crippen LogP contribution in [-0.4, -0.2) is 46.6 Å². The van der Waals surface area contributed by atoms with Gasteiger partial charge in [0.2, 0.25) is 5.78 Å². The summed E-state index contributed by atoms with van der Waals surface area (Å²) in [6.07, 6.45) is 0. The molecule has 0 atom stereocenters. The third-order valence-electron chi connectivity index (χ3n) is 5.04. The van der Waals surface area contributed by atoms with Crippen LogP contribution in [0.15, 0.2) is 24.3 Å². The van der Waals surface area contributed by atoms with Gasteiger partial charge in [-0.15, -0.1) is 0 Å². The molecule has 0 fully saturated rings. The Kier molecular flexibility index (Phi) is 6.08. The van der Waals surface area contributed by atoms with E-state index in [9.17, 15) is 9.59 Å². The number of fused-ring (bicyclic) bond motifs is 1. The highest BCUT2D eigenvalue weighted by Gasteiger charge is 2.18. The number of carbonyl (C=O) groups is 2. The summed E-state index contributed by atoms with van der Waals surface area (Å²) in [6, 6.07) is 6.82. The van der Waals surface area contributed by atoms with Crippen molar-refractivity contribution in [3.05, 3.63) is 58.2 Å². The van der Waals surface area contributed by atoms with Crippen molar-refractivity contribution in [2.45, 2.75) is 34.2 Å². The molecule has 0 bridgehead atoms. The van der Waals surface area contributed by atoms with Crippen LogP contribution in [0.2, 0.25) is 0 Å². The first-order valence-corrected chi connectivity index (χ1v) is 9.42. The van der Waals surface area contributed by atoms with Gasteiger partial charge in [-0.25, -0.2) is 14.8 Å². The number of ketones is 1. The maximum atomic E-state index is 12.6. The third kappa shape index (κ3) is 4.35. The fraction of sp³-hybridized carbons (Fsp3) is 0.364. The molecule has 29 heavy (non-hydrogen) atoms. The van der Waals surface area contributed by atoms with Crippen molar-refractivity contribution in [3.63, 3.8) is 0 Å². The Hall–Kier alpha value is -3.06. The summed E-state index contributed by atoms with van der Waals surface area (Å²) < 4.78 is 12.4. The number of aryl methyl sites for hydroxylation is 3. The molecule has 7 heteroatoms. The highest BCUT2D eigenvalue weighted by Crippen LogP contribution is 2.17. The van der Waals surface area contributed by atoms with Crippen LogP contribution >= 0.6 is 0 Å². The standard InChI is InChI=1S/C22H25N3O4/c1-13-10-18(16(4)25(13)8-9-28-5)21(26)12-29-22(27)17-6-7-19-20(11-17)24-15(3)14(2)23-19/h6-7,10-11H,8-9,12H2,1-5H3. The van der Waals surface area contributed by atoms with Gasteiger partial charge in [0.15, 0.2) is 6.61 Å². The summed E-state index contributed by atoms with van der Waals surface area (Å²) in [5, 5.41) is 0. The number of nitrogens with zero attached hydrogens (tertiary/aromatic N) is 3. The van der Waals surface area contributed by atoms with Gasteiger partial charge in [-0.3, -0.25) is 4.79 Å². The van der Waals surface area contributed by atoms with Crippen LogP contribution in [0.4, 0.5) is 0 Å². The molecule has 0 aliphatic carbocycles. The lowest BCUT2D eigenvalue weighted by atomic mass is 10.1.